The molecule has 2 unspecified atom stereocenters. The van der Waals surface area contributed by atoms with Gasteiger partial charge in [-0.3, -0.25) is 38.6 Å². The molecule has 0 saturated heterocycles. The highest BCUT2D eigenvalue weighted by atomic mass is 16.5. The summed E-state index contributed by atoms with van der Waals surface area (Å²) in [6.45, 7) is 7.77. The van der Waals surface area contributed by atoms with Crippen LogP contribution in [0.2, 0.25) is 0 Å². The average molecular weight is 1270 g/mol. The molecular formula is C78H60N8O10. The molecule has 0 bridgehead atoms. The monoisotopic (exact) mass is 1270 g/mol. The first-order chi connectivity index (χ1) is 46.6. The summed E-state index contributed by atoms with van der Waals surface area (Å²) in [5, 5.41) is 2.09. The first-order valence-electron chi connectivity index (χ1n) is 31.3. The van der Waals surface area contributed by atoms with Gasteiger partial charge in [-0.25, -0.2) is 9.97 Å². The Bertz CT molecular complexity index is 4710. The zero-order chi connectivity index (χ0) is 66.2. The number of aromatic nitrogens is 4. The lowest BCUT2D eigenvalue weighted by molar-refractivity contribution is -0.122. The van der Waals surface area contributed by atoms with Crippen LogP contribution >= 0.6 is 0 Å². The number of carbonyl (C=O) groups excluding carboxylic acids is 6. The lowest BCUT2D eigenvalue weighted by Crippen LogP contribution is -2.55. The second kappa shape index (κ2) is 23.9. The number of anilines is 2. The lowest BCUT2D eigenvalue weighted by atomic mass is 9.80. The summed E-state index contributed by atoms with van der Waals surface area (Å²) in [4.78, 5) is 116. The molecular weight excluding hydrogens is 1210 g/mol. The molecule has 0 aliphatic carbocycles. The molecule has 0 saturated carbocycles. The van der Waals surface area contributed by atoms with Crippen molar-refractivity contribution in [2.24, 2.45) is 0 Å². The molecule has 0 fully saturated rings. The fourth-order valence-corrected chi connectivity index (χ4v) is 13.1. The highest BCUT2D eigenvalue weighted by Crippen LogP contribution is 2.58. The fourth-order valence-electron chi connectivity index (χ4n) is 13.1. The minimum Gasteiger partial charge on any atom is -0.457 e. The Kier molecular flexibility index (Phi) is 14.9. The first-order valence-corrected chi connectivity index (χ1v) is 31.3. The van der Waals surface area contributed by atoms with Crippen molar-refractivity contribution in [3.05, 3.63) is 263 Å². The highest BCUT2D eigenvalue weighted by Gasteiger charge is 2.47. The molecule has 0 spiro atoms. The molecule has 2 aromatic heterocycles. The maximum Gasteiger partial charge on any atom is 0.262 e. The van der Waals surface area contributed by atoms with Gasteiger partial charge in [-0.15, -0.1) is 0 Å². The number of nitrogens with one attached hydrogen (secondary N) is 2. The molecule has 11 aromatic carbocycles. The van der Waals surface area contributed by atoms with Crippen molar-refractivity contribution in [3.8, 4) is 46.0 Å². The Balaban J connectivity index is 1.08. The number of imide groups is 2. The quantitative estimate of drug-likeness (QED) is 0.0467. The third-order valence-corrected chi connectivity index (χ3v) is 18.0. The summed E-state index contributed by atoms with van der Waals surface area (Å²) < 4.78 is 28.8. The Morgan fingerprint density at radius 1 is 0.385 bits per heavy atom. The van der Waals surface area contributed by atoms with Gasteiger partial charge in [0.1, 0.15) is 69.7 Å². The Hall–Kier alpha value is -12.4. The number of hydrogen-bond acceptors (Lipinski definition) is 12. The summed E-state index contributed by atoms with van der Waals surface area (Å²) in [7, 11) is 3.18. The van der Waals surface area contributed by atoms with Crippen molar-refractivity contribution in [1.29, 1.82) is 0 Å². The van der Waals surface area contributed by atoms with E-state index in [1.165, 1.54) is 22.2 Å². The molecule has 13 aromatic rings. The standard InChI is InChI=1S/C78H60N8O10/c1-43-17-25-49(26-18-43)93-59-37-53-65-54(74(88)85(73(53)87)57(41-63-79-33-34-80-63)77(91)83(5)47-13-9-7-10-14-47)39-61(95-51-29-21-45(3)22-30-51)69-70-62(96-52-31-23-46(4)24-32-52)40-56-66-55(38-60(68(72(66)70)67(59)71(65)69)94-50-27-19-44(2)20-28-50)75(89)86(76(56)90)58(42-64-81-35-36-82-64)78(92)84(6)48-15-11-8-12-16-48/h7-40,57-58H,41-42H2,1-6H3,(H,79,80)(H,81,82). The third kappa shape index (κ3) is 10.4. The van der Waals surface area contributed by atoms with E-state index in [2.05, 4.69) is 19.9 Å². The number of aromatic amines is 2. The van der Waals surface area contributed by atoms with Crippen LogP contribution < -0.4 is 28.7 Å². The summed E-state index contributed by atoms with van der Waals surface area (Å²) in [5.41, 5.74) is 4.77. The second-order valence-electron chi connectivity index (χ2n) is 24.3. The van der Waals surface area contributed by atoms with Crippen molar-refractivity contribution < 1.29 is 47.7 Å². The van der Waals surface area contributed by atoms with Gasteiger partial charge in [0.15, 0.2) is 0 Å². The van der Waals surface area contributed by atoms with E-state index < -0.39 is 47.5 Å². The van der Waals surface area contributed by atoms with Crippen LogP contribution in [0.5, 0.6) is 46.0 Å². The van der Waals surface area contributed by atoms with Gasteiger partial charge >= 0.3 is 0 Å². The molecule has 2 aliphatic heterocycles. The topological polar surface area (TPSA) is 210 Å². The number of aryl methyl sites for hydroxylation is 4. The molecule has 15 rings (SSSR count). The summed E-state index contributed by atoms with van der Waals surface area (Å²) in [6.07, 6.45) is 5.90. The second-order valence-corrected chi connectivity index (χ2v) is 24.3. The van der Waals surface area contributed by atoms with E-state index in [9.17, 15) is 0 Å². The van der Waals surface area contributed by atoms with Crippen LogP contribution in [0.4, 0.5) is 11.4 Å². The van der Waals surface area contributed by atoms with Gasteiger partial charge in [-0.05, 0) is 125 Å². The smallest absolute Gasteiger partial charge is 0.262 e. The molecule has 18 heteroatoms. The van der Waals surface area contributed by atoms with Crippen molar-refractivity contribution in [2.45, 2.75) is 52.6 Å². The van der Waals surface area contributed by atoms with E-state index in [4.69, 9.17) is 18.9 Å². The van der Waals surface area contributed by atoms with Crippen LogP contribution in [0.3, 0.4) is 0 Å². The van der Waals surface area contributed by atoms with E-state index in [0.29, 0.717) is 67.6 Å². The van der Waals surface area contributed by atoms with E-state index in [-0.39, 0.29) is 79.6 Å². The zero-order valence-corrected chi connectivity index (χ0v) is 53.0. The van der Waals surface area contributed by atoms with Gasteiger partial charge in [-0.2, -0.15) is 0 Å². The molecule has 6 amide bonds. The van der Waals surface area contributed by atoms with Crippen LogP contribution in [0, 0.1) is 27.7 Å². The number of hydrogen-bond donors (Lipinski definition) is 2. The van der Waals surface area contributed by atoms with Crippen molar-refractivity contribution >= 4 is 89.9 Å². The van der Waals surface area contributed by atoms with Gasteiger partial charge in [-0.1, -0.05) is 107 Å². The number of amides is 6. The minimum atomic E-state index is -1.47. The number of carbonyl (C=O) groups is 6. The van der Waals surface area contributed by atoms with Crippen molar-refractivity contribution in [3.63, 3.8) is 0 Å². The number of nitrogens with zero attached hydrogens (tertiary/aromatic N) is 6. The molecule has 96 heavy (non-hydrogen) atoms. The number of likely N-dealkylation sites (N-methyl/N-ethyl adjacent to an activating group) is 2. The van der Waals surface area contributed by atoms with E-state index in [0.717, 1.165) is 32.1 Å². The summed E-state index contributed by atoms with van der Waals surface area (Å²) in [5.74, 6) is -1.94. The van der Waals surface area contributed by atoms with Gasteiger partial charge in [0.05, 0.1) is 22.3 Å². The predicted octanol–water partition coefficient (Wildman–Crippen LogP) is 15.3. The Morgan fingerprint density at radius 2 is 0.656 bits per heavy atom. The Labute approximate surface area is 550 Å². The van der Waals surface area contributed by atoms with Crippen molar-refractivity contribution in [1.82, 2.24) is 29.7 Å². The fraction of sp³-hybridized carbons (Fsp3) is 0.128. The average Bonchev–Trinajstić information content (AvgIpc) is 0.754. The zero-order valence-electron chi connectivity index (χ0n) is 53.0. The first kappa shape index (κ1) is 59.8. The SMILES string of the molecule is Cc1ccc(Oc2cc3c4c(cc(Oc5ccc(C)cc5)c5c6c(Oc7ccc(C)cc7)cc7c8c(cc(Oc9ccc(C)cc9)c(c2c45)c86)C(=O)N(C(Cc2ncc[nH]2)C(=O)N(C)c2ccccc2)C7=O)C(=O)N(C(Cc2ncc[nH]2)C(=O)N(C)c2ccccc2)C3=O)cc1. The molecule has 2 atom stereocenters. The van der Waals surface area contributed by atoms with E-state index >= 15 is 28.8 Å². The molecule has 472 valence electrons. The van der Waals surface area contributed by atoms with E-state index in [1.807, 2.05) is 88.4 Å². The van der Waals surface area contributed by atoms with Crippen LogP contribution in [0.1, 0.15) is 75.3 Å². The number of para-hydroxylation sites is 2. The van der Waals surface area contributed by atoms with Crippen LogP contribution in [-0.2, 0) is 22.4 Å². The molecule has 18 nitrogen and oxygen atoms in total. The summed E-state index contributed by atoms with van der Waals surface area (Å²) >= 11 is 0. The van der Waals surface area contributed by atoms with Crippen LogP contribution in [0.15, 0.2) is 207 Å². The number of imidazole rings is 2. The highest BCUT2D eigenvalue weighted by molar-refractivity contribution is 6.45. The van der Waals surface area contributed by atoms with Gasteiger partial charge in [0.25, 0.3) is 35.4 Å². The Morgan fingerprint density at radius 3 is 0.906 bits per heavy atom. The predicted molar refractivity (Wildman–Crippen MR) is 366 cm³/mol. The number of fused-ring (bicyclic) bond motifs is 2. The van der Waals surface area contributed by atoms with Gasteiger partial charge in [0.2, 0.25) is 0 Å². The normalized spacial score (nSPS) is 13.4. The molecule has 2 aliphatic rings. The van der Waals surface area contributed by atoms with Crippen LogP contribution in [-0.4, -0.2) is 91.4 Å². The maximum absolute atomic E-state index is 16.4. The molecule has 2 N–H and O–H groups in total. The lowest BCUT2D eigenvalue weighted by Gasteiger charge is -2.37. The minimum absolute atomic E-state index is 0.00185. The molecule has 4 heterocycles. The summed E-state index contributed by atoms with van der Waals surface area (Å²) in [6, 6.07) is 50.6. The number of rotatable bonds is 18. The number of H-pyrrole nitrogens is 2. The third-order valence-electron chi connectivity index (χ3n) is 18.0. The van der Waals surface area contributed by atoms with Crippen molar-refractivity contribution in [2.75, 3.05) is 23.9 Å². The molecule has 0 radical (unpaired) electrons. The number of ether oxygens (including phenoxy) is 4. The van der Waals surface area contributed by atoms with Gasteiger partial charge in [0, 0.05) is 106 Å². The van der Waals surface area contributed by atoms with Crippen LogP contribution in [0.25, 0.3) is 43.1 Å². The number of benzene rings is 11. The van der Waals surface area contributed by atoms with E-state index in [1.54, 1.807) is 148 Å². The maximum atomic E-state index is 16.4. The largest absolute Gasteiger partial charge is 0.457 e. The van der Waals surface area contributed by atoms with Gasteiger partial charge < -0.3 is 38.7 Å².